The third kappa shape index (κ3) is 2.64. The Kier molecular flexibility index (Phi) is 3.30. The van der Waals surface area contributed by atoms with Crippen molar-refractivity contribution in [2.45, 2.75) is 39.8 Å². The van der Waals surface area contributed by atoms with Crippen LogP contribution < -0.4 is 15.8 Å². The van der Waals surface area contributed by atoms with E-state index in [-0.39, 0.29) is 11.7 Å². The number of hydrazine groups is 1. The van der Waals surface area contributed by atoms with Crippen molar-refractivity contribution < 1.29 is 4.79 Å². The largest absolute Gasteiger partial charge is 0.338 e. The molecule has 4 nitrogen and oxygen atoms in total. The molecule has 0 spiro atoms. The first-order chi connectivity index (χ1) is 8.39. The van der Waals surface area contributed by atoms with Gasteiger partial charge in [0.25, 0.3) is 0 Å². The fraction of sp³-hybridized carbons (Fsp3) is 0.500. The molecule has 2 amide bonds. The molecule has 2 rings (SSSR count). The molecule has 2 N–H and O–H groups in total. The van der Waals surface area contributed by atoms with Crippen LogP contribution in [-0.4, -0.2) is 11.7 Å². The van der Waals surface area contributed by atoms with Gasteiger partial charge in [-0.15, -0.1) is 0 Å². The predicted octanol–water partition coefficient (Wildman–Crippen LogP) is 2.79. The predicted molar refractivity (Wildman–Crippen MR) is 73.2 cm³/mol. The van der Waals surface area contributed by atoms with Crippen molar-refractivity contribution in [2.75, 3.05) is 5.01 Å². The number of nitrogens with zero attached hydrogens (tertiary/aromatic N) is 1. The number of anilines is 1. The first kappa shape index (κ1) is 12.9. The van der Waals surface area contributed by atoms with E-state index in [0.717, 1.165) is 12.1 Å². The summed E-state index contributed by atoms with van der Waals surface area (Å²) in [7, 11) is 0. The minimum Gasteiger partial charge on any atom is -0.317 e. The Morgan fingerprint density at radius 3 is 2.44 bits per heavy atom. The number of nitrogens with one attached hydrogen (secondary N) is 2. The van der Waals surface area contributed by atoms with E-state index in [4.69, 9.17) is 0 Å². The summed E-state index contributed by atoms with van der Waals surface area (Å²) in [6.07, 6.45) is 0.890. The maximum absolute atomic E-state index is 12.0. The molecule has 18 heavy (non-hydrogen) atoms. The number of amides is 2. The maximum atomic E-state index is 12.0. The van der Waals surface area contributed by atoms with Crippen molar-refractivity contribution in [1.29, 1.82) is 0 Å². The fourth-order valence-electron chi connectivity index (χ4n) is 2.41. The van der Waals surface area contributed by atoms with Gasteiger partial charge in [-0.05, 0) is 38.3 Å². The third-order valence-corrected chi connectivity index (χ3v) is 3.05. The van der Waals surface area contributed by atoms with E-state index in [0.29, 0.717) is 5.92 Å². The molecule has 0 aromatic heterocycles. The lowest BCUT2D eigenvalue weighted by Gasteiger charge is -2.26. The van der Waals surface area contributed by atoms with E-state index in [9.17, 15) is 4.79 Å². The number of hydrogen-bond acceptors (Lipinski definition) is 2. The second-order valence-corrected chi connectivity index (χ2v) is 5.64. The molecule has 0 aliphatic carbocycles. The molecule has 1 aliphatic rings. The van der Waals surface area contributed by atoms with Crippen molar-refractivity contribution in [3.63, 3.8) is 0 Å². The lowest BCUT2D eigenvalue weighted by molar-refractivity contribution is 0.243. The molecule has 0 unspecified atom stereocenters. The van der Waals surface area contributed by atoms with E-state index >= 15 is 0 Å². The number of carbonyl (C=O) groups excluding carboxylic acids is 1. The van der Waals surface area contributed by atoms with Gasteiger partial charge in [0.2, 0.25) is 0 Å². The molecule has 0 radical (unpaired) electrons. The van der Waals surface area contributed by atoms with Crippen LogP contribution in [-0.2, 0) is 0 Å². The average Bonchev–Trinajstić information content (AvgIpc) is 2.54. The molecular formula is C14H21N3O. The smallest absolute Gasteiger partial charge is 0.317 e. The molecule has 1 aliphatic heterocycles. The first-order valence-electron chi connectivity index (χ1n) is 6.36. The van der Waals surface area contributed by atoms with Crippen molar-refractivity contribution in [3.05, 3.63) is 29.8 Å². The van der Waals surface area contributed by atoms with Crippen LogP contribution in [0.1, 0.15) is 32.8 Å². The molecule has 1 atom stereocenters. The topological polar surface area (TPSA) is 44.4 Å². The van der Waals surface area contributed by atoms with Crippen LogP contribution in [0.15, 0.2) is 24.3 Å². The number of hydrogen-bond donors (Lipinski definition) is 2. The molecule has 98 valence electrons. The van der Waals surface area contributed by atoms with Gasteiger partial charge < -0.3 is 5.32 Å². The van der Waals surface area contributed by atoms with Crippen LogP contribution >= 0.6 is 0 Å². The SMILES string of the molecule is Cc1ccc(N2N[C@@](C)(CC(C)C)NC2=O)cc1. The minimum absolute atomic E-state index is 0.0954. The van der Waals surface area contributed by atoms with E-state index in [1.807, 2.05) is 38.1 Å². The standard InChI is InChI=1S/C14H21N3O/c1-10(2)9-14(4)15-13(18)17(16-14)12-7-5-11(3)6-8-12/h5-8,10,16H,9H2,1-4H3,(H,15,18)/t14-/m0/s1. The number of benzene rings is 1. The molecule has 1 heterocycles. The number of rotatable bonds is 3. The number of aryl methyl sites for hydroxylation is 1. The quantitative estimate of drug-likeness (QED) is 0.862. The number of carbonyl (C=O) groups is 1. The monoisotopic (exact) mass is 247 g/mol. The van der Waals surface area contributed by atoms with E-state index < -0.39 is 0 Å². The Labute approximate surface area is 108 Å². The van der Waals surface area contributed by atoms with Gasteiger partial charge in [-0.3, -0.25) is 0 Å². The highest BCUT2D eigenvalue weighted by Gasteiger charge is 2.39. The van der Waals surface area contributed by atoms with Crippen molar-refractivity contribution in [2.24, 2.45) is 5.92 Å². The molecule has 1 aromatic rings. The van der Waals surface area contributed by atoms with E-state index in [1.165, 1.54) is 5.56 Å². The summed E-state index contributed by atoms with van der Waals surface area (Å²) >= 11 is 0. The zero-order chi connectivity index (χ0) is 13.3. The summed E-state index contributed by atoms with van der Waals surface area (Å²) in [5, 5.41) is 4.59. The normalized spacial score (nSPS) is 23.6. The van der Waals surface area contributed by atoms with Crippen LogP contribution in [0.25, 0.3) is 0 Å². The maximum Gasteiger partial charge on any atom is 0.338 e. The minimum atomic E-state index is -0.365. The summed E-state index contributed by atoms with van der Waals surface area (Å²) in [4.78, 5) is 12.0. The molecular weight excluding hydrogens is 226 g/mol. The van der Waals surface area contributed by atoms with Crippen molar-refractivity contribution in [3.8, 4) is 0 Å². The Morgan fingerprint density at radius 1 is 1.28 bits per heavy atom. The van der Waals surface area contributed by atoms with Gasteiger partial charge in [0.15, 0.2) is 0 Å². The Bertz CT molecular complexity index is 441. The Morgan fingerprint density at radius 2 is 1.89 bits per heavy atom. The summed E-state index contributed by atoms with van der Waals surface area (Å²) in [5.74, 6) is 0.515. The van der Waals surface area contributed by atoms with Crippen molar-refractivity contribution in [1.82, 2.24) is 10.7 Å². The zero-order valence-corrected chi connectivity index (χ0v) is 11.4. The highest BCUT2D eigenvalue weighted by molar-refractivity contribution is 5.93. The summed E-state index contributed by atoms with van der Waals surface area (Å²) in [5.41, 5.74) is 4.94. The van der Waals surface area contributed by atoms with Gasteiger partial charge in [-0.25, -0.2) is 15.2 Å². The molecule has 0 saturated carbocycles. The molecule has 4 heteroatoms. The Balaban J connectivity index is 2.16. The third-order valence-electron chi connectivity index (χ3n) is 3.05. The molecule has 1 aromatic carbocycles. The number of urea groups is 1. The fourth-order valence-corrected chi connectivity index (χ4v) is 2.41. The van der Waals surface area contributed by atoms with Gasteiger partial charge in [-0.1, -0.05) is 31.5 Å². The van der Waals surface area contributed by atoms with Gasteiger partial charge in [-0.2, -0.15) is 0 Å². The van der Waals surface area contributed by atoms with Crippen LogP contribution in [0.3, 0.4) is 0 Å². The summed E-state index contributed by atoms with van der Waals surface area (Å²) in [6.45, 7) is 8.34. The van der Waals surface area contributed by atoms with Gasteiger partial charge in [0.05, 0.1) is 5.69 Å². The van der Waals surface area contributed by atoms with E-state index in [1.54, 1.807) is 5.01 Å². The highest BCUT2D eigenvalue weighted by atomic mass is 16.2. The van der Waals surface area contributed by atoms with Crippen LogP contribution in [0, 0.1) is 12.8 Å². The summed E-state index contributed by atoms with van der Waals surface area (Å²) < 4.78 is 0. The van der Waals surface area contributed by atoms with Gasteiger partial charge >= 0.3 is 6.03 Å². The molecule has 1 saturated heterocycles. The summed E-state index contributed by atoms with van der Waals surface area (Å²) in [6, 6.07) is 7.80. The lowest BCUT2D eigenvalue weighted by atomic mass is 10.0. The zero-order valence-electron chi connectivity index (χ0n) is 11.4. The van der Waals surface area contributed by atoms with E-state index in [2.05, 4.69) is 24.6 Å². The van der Waals surface area contributed by atoms with Gasteiger partial charge in [0, 0.05) is 0 Å². The Hall–Kier alpha value is -1.55. The lowest BCUT2D eigenvalue weighted by Crippen LogP contribution is -2.49. The first-order valence-corrected chi connectivity index (χ1v) is 6.36. The van der Waals surface area contributed by atoms with Crippen LogP contribution in [0.2, 0.25) is 0 Å². The second kappa shape index (κ2) is 4.61. The van der Waals surface area contributed by atoms with Crippen molar-refractivity contribution >= 4 is 11.7 Å². The molecule has 1 fully saturated rings. The van der Waals surface area contributed by atoms with Gasteiger partial charge in [0.1, 0.15) is 5.66 Å². The molecule has 0 bridgehead atoms. The van der Waals surface area contributed by atoms with Crippen LogP contribution in [0.5, 0.6) is 0 Å². The average molecular weight is 247 g/mol. The second-order valence-electron chi connectivity index (χ2n) is 5.64. The highest BCUT2D eigenvalue weighted by Crippen LogP contribution is 2.23. The van der Waals surface area contributed by atoms with Crippen LogP contribution in [0.4, 0.5) is 10.5 Å².